The van der Waals surface area contributed by atoms with Crippen LogP contribution in [0.3, 0.4) is 0 Å². The molecule has 0 radical (unpaired) electrons. The van der Waals surface area contributed by atoms with Gasteiger partial charge in [-0.1, -0.05) is 36.4 Å². The van der Waals surface area contributed by atoms with Crippen molar-refractivity contribution in [3.63, 3.8) is 0 Å². The molecule has 0 fully saturated rings. The highest BCUT2D eigenvalue weighted by Gasteiger charge is 2.19. The van der Waals surface area contributed by atoms with Crippen molar-refractivity contribution in [1.29, 1.82) is 0 Å². The van der Waals surface area contributed by atoms with Gasteiger partial charge in [-0.15, -0.1) is 0 Å². The highest BCUT2D eigenvalue weighted by Crippen LogP contribution is 2.31. The second kappa shape index (κ2) is 9.58. The third-order valence-electron chi connectivity index (χ3n) is 5.46. The maximum absolute atomic E-state index is 15.0. The molecule has 1 atom stereocenters. The molecule has 4 aromatic rings. The Morgan fingerprint density at radius 1 is 1.06 bits per heavy atom. The number of carbonyl (C=O) groups is 1. The number of aliphatic hydroxyl groups is 1. The van der Waals surface area contributed by atoms with Crippen LogP contribution in [0.1, 0.15) is 27.5 Å². The summed E-state index contributed by atoms with van der Waals surface area (Å²) < 4.78 is 15.0. The third kappa shape index (κ3) is 4.73. The molecule has 0 unspecified atom stereocenters. The molecule has 0 aliphatic carbocycles. The Labute approximate surface area is 191 Å². The maximum atomic E-state index is 15.0. The summed E-state index contributed by atoms with van der Waals surface area (Å²) >= 11 is 0. The molecule has 0 bridgehead atoms. The van der Waals surface area contributed by atoms with Crippen LogP contribution in [0.15, 0.2) is 79.3 Å². The molecule has 7 heteroatoms. The molecule has 1 amide bonds. The van der Waals surface area contributed by atoms with Crippen LogP contribution in [-0.4, -0.2) is 27.6 Å². The monoisotopic (exact) mass is 442 g/mol. The largest absolute Gasteiger partial charge is 0.394 e. The first kappa shape index (κ1) is 22.1. The molecule has 4 rings (SSSR count). The molecule has 0 aliphatic heterocycles. The minimum atomic E-state index is -0.695. The lowest BCUT2D eigenvalue weighted by atomic mass is 9.98. The summed E-state index contributed by atoms with van der Waals surface area (Å²) in [6.07, 6.45) is 5.12. The average molecular weight is 442 g/mol. The van der Waals surface area contributed by atoms with E-state index < -0.39 is 17.8 Å². The standard InChI is InChI=1S/C26H23FN4O2/c1-16-13-29-10-9-20(16)19-11-22(25(28)30-14-19)18-7-8-21(23(27)12-18)26(33)31-24(15-32)17-5-3-2-4-6-17/h2-14,24,32H,15H2,1H3,(H2,28,30)(H,31,33)/t24-/m1/s1. The number of nitrogens with two attached hydrogens (primary N) is 1. The molecule has 0 aliphatic rings. The topological polar surface area (TPSA) is 101 Å². The maximum Gasteiger partial charge on any atom is 0.254 e. The van der Waals surface area contributed by atoms with Gasteiger partial charge in [-0.3, -0.25) is 9.78 Å². The zero-order valence-electron chi connectivity index (χ0n) is 18.0. The fourth-order valence-electron chi connectivity index (χ4n) is 3.67. The van der Waals surface area contributed by atoms with Crippen molar-refractivity contribution in [1.82, 2.24) is 15.3 Å². The highest BCUT2D eigenvalue weighted by atomic mass is 19.1. The van der Waals surface area contributed by atoms with E-state index in [1.54, 1.807) is 48.9 Å². The van der Waals surface area contributed by atoms with Crippen molar-refractivity contribution >= 4 is 11.7 Å². The summed E-state index contributed by atoms with van der Waals surface area (Å²) in [5, 5.41) is 12.3. The Morgan fingerprint density at radius 3 is 2.55 bits per heavy atom. The number of pyridine rings is 2. The number of rotatable bonds is 6. The van der Waals surface area contributed by atoms with Gasteiger partial charge < -0.3 is 16.2 Å². The first-order valence-corrected chi connectivity index (χ1v) is 10.4. The minimum absolute atomic E-state index is 0.124. The van der Waals surface area contributed by atoms with Gasteiger partial charge in [0.05, 0.1) is 18.2 Å². The lowest BCUT2D eigenvalue weighted by Crippen LogP contribution is -2.31. The number of aryl methyl sites for hydroxylation is 1. The average Bonchev–Trinajstić information content (AvgIpc) is 2.83. The summed E-state index contributed by atoms with van der Waals surface area (Å²) in [7, 11) is 0. The van der Waals surface area contributed by atoms with E-state index in [1.165, 1.54) is 12.1 Å². The number of aromatic nitrogens is 2. The summed E-state index contributed by atoms with van der Waals surface area (Å²) in [6, 6.07) is 16.4. The van der Waals surface area contributed by atoms with Crippen LogP contribution < -0.4 is 11.1 Å². The molecule has 0 saturated carbocycles. The van der Waals surface area contributed by atoms with Gasteiger partial charge in [0.15, 0.2) is 0 Å². The lowest BCUT2D eigenvalue weighted by Gasteiger charge is -2.17. The number of halogens is 1. The Morgan fingerprint density at radius 2 is 1.85 bits per heavy atom. The quantitative estimate of drug-likeness (QED) is 0.413. The molecule has 0 spiro atoms. The van der Waals surface area contributed by atoms with E-state index in [0.29, 0.717) is 11.1 Å². The van der Waals surface area contributed by atoms with Crippen LogP contribution in [-0.2, 0) is 0 Å². The number of nitrogen functional groups attached to an aromatic ring is 1. The zero-order chi connectivity index (χ0) is 23.4. The van der Waals surface area contributed by atoms with Gasteiger partial charge in [0.1, 0.15) is 11.6 Å². The molecular formula is C26H23FN4O2. The van der Waals surface area contributed by atoms with E-state index in [1.807, 2.05) is 25.1 Å². The summed E-state index contributed by atoms with van der Waals surface area (Å²) in [5.41, 5.74) is 10.5. The third-order valence-corrected chi connectivity index (χ3v) is 5.46. The summed E-state index contributed by atoms with van der Waals surface area (Å²) in [6.45, 7) is 1.64. The SMILES string of the molecule is Cc1cnccc1-c1cnc(N)c(-c2ccc(C(=O)N[C@H](CO)c3ccccc3)c(F)c2)c1. The van der Waals surface area contributed by atoms with E-state index in [9.17, 15) is 14.3 Å². The molecule has 6 nitrogen and oxygen atoms in total. The summed E-state index contributed by atoms with van der Waals surface area (Å²) in [4.78, 5) is 21.1. The second-order valence-corrected chi connectivity index (χ2v) is 7.66. The van der Waals surface area contributed by atoms with Gasteiger partial charge in [-0.25, -0.2) is 9.37 Å². The van der Waals surface area contributed by atoms with Crippen molar-refractivity contribution in [2.24, 2.45) is 0 Å². The van der Waals surface area contributed by atoms with Crippen LogP contribution >= 0.6 is 0 Å². The molecule has 2 aromatic carbocycles. The number of hydrogen-bond donors (Lipinski definition) is 3. The van der Waals surface area contributed by atoms with Crippen LogP contribution in [0.5, 0.6) is 0 Å². The second-order valence-electron chi connectivity index (χ2n) is 7.66. The number of aliphatic hydroxyl groups excluding tert-OH is 1. The molecule has 2 heterocycles. The molecule has 0 saturated heterocycles. The van der Waals surface area contributed by atoms with Gasteiger partial charge >= 0.3 is 0 Å². The molecule has 4 N–H and O–H groups in total. The fourth-order valence-corrected chi connectivity index (χ4v) is 3.67. The zero-order valence-corrected chi connectivity index (χ0v) is 18.0. The molecular weight excluding hydrogens is 419 g/mol. The van der Waals surface area contributed by atoms with Gasteiger partial charge in [0, 0.05) is 29.7 Å². The number of amides is 1. The predicted molar refractivity (Wildman–Crippen MR) is 126 cm³/mol. The van der Waals surface area contributed by atoms with Crippen LogP contribution in [0.25, 0.3) is 22.3 Å². The van der Waals surface area contributed by atoms with Crippen LogP contribution in [0, 0.1) is 12.7 Å². The number of nitrogens with one attached hydrogen (secondary N) is 1. The van der Waals surface area contributed by atoms with E-state index in [-0.39, 0.29) is 18.0 Å². The normalized spacial score (nSPS) is 11.7. The van der Waals surface area contributed by atoms with E-state index in [4.69, 9.17) is 5.73 Å². The highest BCUT2D eigenvalue weighted by molar-refractivity contribution is 5.95. The lowest BCUT2D eigenvalue weighted by molar-refractivity contribution is 0.0912. The van der Waals surface area contributed by atoms with Gasteiger partial charge in [0.25, 0.3) is 5.91 Å². The number of hydrogen-bond acceptors (Lipinski definition) is 5. The number of anilines is 1. The van der Waals surface area contributed by atoms with Crippen molar-refractivity contribution in [2.75, 3.05) is 12.3 Å². The van der Waals surface area contributed by atoms with Gasteiger partial charge in [-0.2, -0.15) is 0 Å². The van der Waals surface area contributed by atoms with Crippen molar-refractivity contribution < 1.29 is 14.3 Å². The minimum Gasteiger partial charge on any atom is -0.394 e. The first-order valence-electron chi connectivity index (χ1n) is 10.4. The predicted octanol–water partition coefficient (Wildman–Crippen LogP) is 4.30. The van der Waals surface area contributed by atoms with E-state index >= 15 is 0 Å². The molecule has 33 heavy (non-hydrogen) atoms. The number of benzene rings is 2. The Balaban J connectivity index is 1.62. The first-order chi connectivity index (χ1) is 16.0. The van der Waals surface area contributed by atoms with Gasteiger partial charge in [0.2, 0.25) is 0 Å². The Kier molecular flexibility index (Phi) is 6.42. The van der Waals surface area contributed by atoms with Crippen molar-refractivity contribution in [3.8, 4) is 22.3 Å². The summed E-state index contributed by atoms with van der Waals surface area (Å²) in [5.74, 6) is -1.06. The van der Waals surface area contributed by atoms with E-state index in [2.05, 4.69) is 15.3 Å². The van der Waals surface area contributed by atoms with Crippen molar-refractivity contribution in [3.05, 3.63) is 102 Å². The smallest absolute Gasteiger partial charge is 0.254 e. The fraction of sp³-hybridized carbons (Fsp3) is 0.115. The number of carbonyl (C=O) groups excluding carboxylic acids is 1. The number of nitrogens with zero attached hydrogens (tertiary/aromatic N) is 2. The van der Waals surface area contributed by atoms with Gasteiger partial charge in [-0.05, 0) is 53.4 Å². The van der Waals surface area contributed by atoms with Crippen LogP contribution in [0.4, 0.5) is 10.2 Å². The van der Waals surface area contributed by atoms with E-state index in [0.717, 1.165) is 22.3 Å². The molecule has 2 aromatic heterocycles. The molecule has 166 valence electrons. The Hall–Kier alpha value is -4.10. The van der Waals surface area contributed by atoms with Crippen molar-refractivity contribution in [2.45, 2.75) is 13.0 Å². The Bertz CT molecular complexity index is 1290. The van der Waals surface area contributed by atoms with Crippen LogP contribution in [0.2, 0.25) is 0 Å².